The standard InChI is InChI=1S/C12H17FN2O4S/c1-8(19-2)3-4-12(16)15-10-5-9(13)6-11(7-10)20(14,17)18/h5-8H,3-4H2,1-2H3,(H,15,16)(H2,14,17,18). The molecule has 0 aliphatic carbocycles. The topological polar surface area (TPSA) is 98.5 Å². The molecule has 0 saturated heterocycles. The van der Waals surface area contributed by atoms with E-state index in [2.05, 4.69) is 5.32 Å². The zero-order valence-corrected chi connectivity index (χ0v) is 12.0. The predicted molar refractivity (Wildman–Crippen MR) is 72.1 cm³/mol. The number of amides is 1. The van der Waals surface area contributed by atoms with Crippen LogP contribution >= 0.6 is 0 Å². The van der Waals surface area contributed by atoms with Crippen LogP contribution in [0.2, 0.25) is 0 Å². The van der Waals surface area contributed by atoms with Crippen molar-refractivity contribution in [2.45, 2.75) is 30.8 Å². The van der Waals surface area contributed by atoms with Crippen LogP contribution in [0.4, 0.5) is 10.1 Å². The summed E-state index contributed by atoms with van der Waals surface area (Å²) in [5.41, 5.74) is 0.0455. The quantitative estimate of drug-likeness (QED) is 0.825. The summed E-state index contributed by atoms with van der Waals surface area (Å²) >= 11 is 0. The van der Waals surface area contributed by atoms with E-state index in [1.54, 1.807) is 0 Å². The zero-order valence-electron chi connectivity index (χ0n) is 11.2. The Morgan fingerprint density at radius 2 is 2.10 bits per heavy atom. The lowest BCUT2D eigenvalue weighted by Gasteiger charge is -2.10. The molecule has 0 aliphatic heterocycles. The van der Waals surface area contributed by atoms with Gasteiger partial charge in [-0.1, -0.05) is 0 Å². The summed E-state index contributed by atoms with van der Waals surface area (Å²) in [6.07, 6.45) is 0.601. The molecule has 1 unspecified atom stereocenters. The molecule has 1 amide bonds. The molecule has 0 saturated carbocycles. The number of anilines is 1. The third kappa shape index (κ3) is 5.24. The Morgan fingerprint density at radius 1 is 1.45 bits per heavy atom. The van der Waals surface area contributed by atoms with Gasteiger partial charge in [0.1, 0.15) is 5.82 Å². The van der Waals surface area contributed by atoms with Gasteiger partial charge in [0.2, 0.25) is 15.9 Å². The van der Waals surface area contributed by atoms with Crippen molar-refractivity contribution < 1.29 is 22.3 Å². The number of hydrogen-bond acceptors (Lipinski definition) is 4. The van der Waals surface area contributed by atoms with E-state index in [1.165, 1.54) is 7.11 Å². The van der Waals surface area contributed by atoms with E-state index >= 15 is 0 Å². The molecule has 0 fully saturated rings. The number of methoxy groups -OCH3 is 1. The molecule has 0 aromatic heterocycles. The van der Waals surface area contributed by atoms with Crippen LogP contribution in [0.1, 0.15) is 19.8 Å². The number of carbonyl (C=O) groups is 1. The summed E-state index contributed by atoms with van der Waals surface area (Å²) in [6, 6.07) is 2.92. The molecule has 8 heteroatoms. The highest BCUT2D eigenvalue weighted by Gasteiger charge is 2.13. The number of sulfonamides is 1. The number of rotatable bonds is 6. The third-order valence-corrected chi connectivity index (χ3v) is 3.56. The van der Waals surface area contributed by atoms with Crippen molar-refractivity contribution in [2.24, 2.45) is 5.14 Å². The highest BCUT2D eigenvalue weighted by molar-refractivity contribution is 7.89. The van der Waals surface area contributed by atoms with Crippen LogP contribution in [0.3, 0.4) is 0 Å². The summed E-state index contributed by atoms with van der Waals surface area (Å²) in [6.45, 7) is 1.81. The minimum absolute atomic E-state index is 0.0455. The predicted octanol–water partition coefficient (Wildman–Crippen LogP) is 1.23. The van der Waals surface area contributed by atoms with Gasteiger partial charge in [0.15, 0.2) is 0 Å². The first-order valence-electron chi connectivity index (χ1n) is 5.88. The Balaban J connectivity index is 2.78. The number of primary sulfonamides is 1. The van der Waals surface area contributed by atoms with Crippen LogP contribution in [0.25, 0.3) is 0 Å². The van der Waals surface area contributed by atoms with E-state index < -0.39 is 20.7 Å². The van der Waals surface area contributed by atoms with Crippen LogP contribution in [0.5, 0.6) is 0 Å². The normalized spacial score (nSPS) is 13.0. The van der Waals surface area contributed by atoms with Crippen molar-refractivity contribution in [1.82, 2.24) is 0 Å². The van der Waals surface area contributed by atoms with E-state index in [0.29, 0.717) is 6.42 Å². The molecular formula is C12H17FN2O4S. The minimum atomic E-state index is -4.02. The van der Waals surface area contributed by atoms with Gasteiger partial charge < -0.3 is 10.1 Å². The van der Waals surface area contributed by atoms with Crippen molar-refractivity contribution in [3.05, 3.63) is 24.0 Å². The number of hydrogen-bond donors (Lipinski definition) is 2. The maximum absolute atomic E-state index is 13.3. The summed E-state index contributed by atoms with van der Waals surface area (Å²) in [5, 5.41) is 7.34. The molecular weight excluding hydrogens is 287 g/mol. The van der Waals surface area contributed by atoms with Crippen LogP contribution in [0, 0.1) is 5.82 Å². The highest BCUT2D eigenvalue weighted by atomic mass is 32.2. The molecule has 0 bridgehead atoms. The lowest BCUT2D eigenvalue weighted by molar-refractivity contribution is -0.116. The molecule has 1 atom stereocenters. The summed E-state index contributed by atoms with van der Waals surface area (Å²) in [7, 11) is -2.49. The number of benzene rings is 1. The Kier molecular flexibility index (Phi) is 5.61. The Morgan fingerprint density at radius 3 is 2.65 bits per heavy atom. The monoisotopic (exact) mass is 304 g/mol. The van der Waals surface area contributed by atoms with Crippen molar-refractivity contribution in [3.8, 4) is 0 Å². The fraction of sp³-hybridized carbons (Fsp3) is 0.417. The van der Waals surface area contributed by atoms with Gasteiger partial charge in [0.05, 0.1) is 11.0 Å². The molecule has 1 rings (SSSR count). The van der Waals surface area contributed by atoms with Crippen molar-refractivity contribution in [2.75, 3.05) is 12.4 Å². The number of nitrogens with two attached hydrogens (primary N) is 1. The fourth-order valence-corrected chi connectivity index (χ4v) is 2.04. The van der Waals surface area contributed by atoms with Gasteiger partial charge in [0.25, 0.3) is 0 Å². The molecule has 0 radical (unpaired) electrons. The van der Waals surface area contributed by atoms with Crippen molar-refractivity contribution in [3.63, 3.8) is 0 Å². The lowest BCUT2D eigenvalue weighted by atomic mass is 10.2. The van der Waals surface area contributed by atoms with Crippen LogP contribution in [-0.4, -0.2) is 27.5 Å². The second-order valence-corrected chi connectivity index (χ2v) is 5.92. The smallest absolute Gasteiger partial charge is 0.238 e. The minimum Gasteiger partial charge on any atom is -0.382 e. The van der Waals surface area contributed by atoms with Gasteiger partial charge in [-0.25, -0.2) is 17.9 Å². The van der Waals surface area contributed by atoms with Crippen LogP contribution in [-0.2, 0) is 19.6 Å². The van der Waals surface area contributed by atoms with Gasteiger partial charge in [-0.15, -0.1) is 0 Å². The molecule has 1 aromatic rings. The average Bonchev–Trinajstić information content (AvgIpc) is 2.34. The van der Waals surface area contributed by atoms with E-state index in [4.69, 9.17) is 9.88 Å². The maximum Gasteiger partial charge on any atom is 0.238 e. The molecule has 0 heterocycles. The van der Waals surface area contributed by atoms with E-state index in [1.807, 2.05) is 6.92 Å². The highest BCUT2D eigenvalue weighted by Crippen LogP contribution is 2.17. The average molecular weight is 304 g/mol. The third-order valence-electron chi connectivity index (χ3n) is 2.66. The Bertz CT molecular complexity index is 589. The SMILES string of the molecule is COC(C)CCC(=O)Nc1cc(F)cc(S(N)(=O)=O)c1. The van der Waals surface area contributed by atoms with Gasteiger partial charge in [-0.2, -0.15) is 0 Å². The summed E-state index contributed by atoms with van der Waals surface area (Å²) in [4.78, 5) is 11.2. The summed E-state index contributed by atoms with van der Waals surface area (Å²) < 4.78 is 40.6. The second-order valence-electron chi connectivity index (χ2n) is 4.35. The van der Waals surface area contributed by atoms with Crippen LogP contribution < -0.4 is 10.5 Å². The molecule has 112 valence electrons. The van der Waals surface area contributed by atoms with Gasteiger partial charge in [-0.3, -0.25) is 4.79 Å². The number of ether oxygens (including phenoxy) is 1. The van der Waals surface area contributed by atoms with Gasteiger partial charge in [0, 0.05) is 19.2 Å². The first kappa shape index (κ1) is 16.5. The summed E-state index contributed by atoms with van der Waals surface area (Å²) in [5.74, 6) is -1.16. The Hall–Kier alpha value is -1.51. The zero-order chi connectivity index (χ0) is 15.3. The van der Waals surface area contributed by atoms with Crippen molar-refractivity contribution in [1.29, 1.82) is 0 Å². The number of carbonyl (C=O) groups excluding carboxylic acids is 1. The Labute approximate surface area is 117 Å². The second kappa shape index (κ2) is 6.78. The van der Waals surface area contributed by atoms with Crippen LogP contribution in [0.15, 0.2) is 23.1 Å². The van der Waals surface area contributed by atoms with E-state index in [-0.39, 0.29) is 24.1 Å². The first-order chi connectivity index (χ1) is 9.22. The van der Waals surface area contributed by atoms with E-state index in [9.17, 15) is 17.6 Å². The molecule has 6 nitrogen and oxygen atoms in total. The largest absolute Gasteiger partial charge is 0.382 e. The van der Waals surface area contributed by atoms with E-state index in [0.717, 1.165) is 18.2 Å². The molecule has 0 aliphatic rings. The number of nitrogens with one attached hydrogen (secondary N) is 1. The molecule has 0 spiro atoms. The first-order valence-corrected chi connectivity index (χ1v) is 7.43. The van der Waals surface area contributed by atoms with Gasteiger partial charge in [-0.05, 0) is 31.5 Å². The molecule has 20 heavy (non-hydrogen) atoms. The lowest BCUT2D eigenvalue weighted by Crippen LogP contribution is -2.16. The number of halogens is 1. The molecule has 1 aromatic carbocycles. The fourth-order valence-electron chi connectivity index (χ4n) is 1.47. The van der Waals surface area contributed by atoms with Gasteiger partial charge >= 0.3 is 0 Å². The molecule has 3 N–H and O–H groups in total. The maximum atomic E-state index is 13.3. The van der Waals surface area contributed by atoms with Crippen molar-refractivity contribution >= 4 is 21.6 Å².